The summed E-state index contributed by atoms with van der Waals surface area (Å²) in [7, 11) is 0. The number of thiophene rings is 1. The molecule has 3 rings (SSSR count). The molecule has 0 aromatic carbocycles. The summed E-state index contributed by atoms with van der Waals surface area (Å²) in [6, 6.07) is 2.02. The van der Waals surface area contributed by atoms with Crippen LogP contribution in [-0.4, -0.2) is 29.3 Å². The summed E-state index contributed by atoms with van der Waals surface area (Å²) in [5.41, 5.74) is 0. The van der Waals surface area contributed by atoms with E-state index in [1.807, 2.05) is 13.0 Å². The highest BCUT2D eigenvalue weighted by molar-refractivity contribution is 7.18. The minimum Gasteiger partial charge on any atom is -0.469 e. The second kappa shape index (κ2) is 3.84. The van der Waals surface area contributed by atoms with Crippen molar-refractivity contribution in [1.29, 1.82) is 0 Å². The predicted molar refractivity (Wildman–Crippen MR) is 62.4 cm³/mol. The Bertz CT molecular complexity index is 539. The number of ether oxygens (including phenoxy) is 2. The van der Waals surface area contributed by atoms with Crippen molar-refractivity contribution < 1.29 is 9.47 Å². The van der Waals surface area contributed by atoms with E-state index in [0.29, 0.717) is 19.1 Å². The molecule has 0 aliphatic carbocycles. The van der Waals surface area contributed by atoms with Crippen molar-refractivity contribution in [2.75, 3.05) is 13.2 Å². The van der Waals surface area contributed by atoms with Gasteiger partial charge in [-0.1, -0.05) is 0 Å². The third-order valence-corrected chi connectivity index (χ3v) is 3.45. The van der Waals surface area contributed by atoms with E-state index in [0.717, 1.165) is 10.2 Å². The van der Waals surface area contributed by atoms with Gasteiger partial charge in [-0.25, -0.2) is 4.98 Å². The fourth-order valence-corrected chi connectivity index (χ4v) is 2.60. The quantitative estimate of drug-likeness (QED) is 0.774. The van der Waals surface area contributed by atoms with E-state index in [-0.39, 0.29) is 11.4 Å². The summed E-state index contributed by atoms with van der Waals surface area (Å²) < 4.78 is 10.8. The highest BCUT2D eigenvalue weighted by Gasteiger charge is 2.22. The van der Waals surface area contributed by atoms with E-state index < -0.39 is 0 Å². The summed E-state index contributed by atoms with van der Waals surface area (Å²) in [6.45, 7) is 3.26. The first kappa shape index (κ1) is 10.3. The van der Waals surface area contributed by atoms with Crippen molar-refractivity contribution in [3.8, 4) is 5.88 Å². The van der Waals surface area contributed by atoms with Crippen molar-refractivity contribution in [3.05, 3.63) is 16.2 Å². The highest BCUT2D eigenvalue weighted by atomic mass is 35.5. The lowest BCUT2D eigenvalue weighted by atomic mass is 10.3. The van der Waals surface area contributed by atoms with Crippen LogP contribution in [0.2, 0.25) is 5.28 Å². The van der Waals surface area contributed by atoms with E-state index >= 15 is 0 Å². The molecule has 6 heteroatoms. The van der Waals surface area contributed by atoms with Gasteiger partial charge in [-0.3, -0.25) is 0 Å². The summed E-state index contributed by atoms with van der Waals surface area (Å²) in [5.74, 6) is 0.563. The van der Waals surface area contributed by atoms with Gasteiger partial charge in [0.25, 0.3) is 0 Å². The zero-order valence-corrected chi connectivity index (χ0v) is 10.1. The lowest BCUT2D eigenvalue weighted by Gasteiger charge is -2.26. The van der Waals surface area contributed by atoms with Gasteiger partial charge >= 0.3 is 0 Å². The molecule has 0 saturated carbocycles. The second-order valence-corrected chi connectivity index (χ2v) is 5.22. The van der Waals surface area contributed by atoms with Crippen LogP contribution in [0, 0.1) is 6.92 Å². The van der Waals surface area contributed by atoms with E-state index in [2.05, 4.69) is 9.97 Å². The fourth-order valence-electron chi connectivity index (χ4n) is 1.52. The number of aryl methyl sites for hydroxylation is 1. The highest BCUT2D eigenvalue weighted by Crippen LogP contribution is 2.31. The van der Waals surface area contributed by atoms with Crippen LogP contribution in [0.1, 0.15) is 4.88 Å². The van der Waals surface area contributed by atoms with Crippen LogP contribution in [-0.2, 0) is 4.74 Å². The van der Waals surface area contributed by atoms with Crippen LogP contribution in [0.5, 0.6) is 5.88 Å². The summed E-state index contributed by atoms with van der Waals surface area (Å²) in [5, 5.41) is 1.16. The largest absolute Gasteiger partial charge is 0.469 e. The minimum absolute atomic E-state index is 0.0920. The Morgan fingerprint density at radius 1 is 1.50 bits per heavy atom. The first-order valence-electron chi connectivity index (χ1n) is 4.90. The van der Waals surface area contributed by atoms with Gasteiger partial charge in [0.15, 0.2) is 0 Å². The zero-order chi connectivity index (χ0) is 11.1. The summed E-state index contributed by atoms with van der Waals surface area (Å²) in [4.78, 5) is 10.3. The fraction of sp³-hybridized carbons (Fsp3) is 0.400. The van der Waals surface area contributed by atoms with Crippen molar-refractivity contribution in [3.63, 3.8) is 0 Å². The molecule has 0 spiro atoms. The first-order valence-corrected chi connectivity index (χ1v) is 6.10. The third-order valence-electron chi connectivity index (χ3n) is 2.34. The molecule has 16 heavy (non-hydrogen) atoms. The molecule has 0 atom stereocenters. The molecular weight excluding hydrogens is 248 g/mol. The van der Waals surface area contributed by atoms with E-state index in [9.17, 15) is 0 Å². The van der Waals surface area contributed by atoms with Crippen molar-refractivity contribution in [2.24, 2.45) is 0 Å². The maximum atomic E-state index is 5.85. The zero-order valence-electron chi connectivity index (χ0n) is 8.57. The molecule has 0 bridgehead atoms. The maximum Gasteiger partial charge on any atom is 0.227 e. The number of aromatic nitrogens is 2. The Morgan fingerprint density at radius 2 is 2.31 bits per heavy atom. The number of rotatable bonds is 2. The van der Waals surface area contributed by atoms with Gasteiger partial charge in [-0.05, 0) is 24.6 Å². The molecule has 1 aliphatic heterocycles. The number of fused-ring (bicyclic) bond motifs is 1. The predicted octanol–water partition coefficient (Wildman–Crippen LogP) is 2.43. The van der Waals surface area contributed by atoms with Crippen LogP contribution in [0.15, 0.2) is 6.07 Å². The second-order valence-electron chi connectivity index (χ2n) is 3.65. The lowest BCUT2D eigenvalue weighted by Crippen LogP contribution is -2.38. The minimum atomic E-state index is 0.0920. The SMILES string of the molecule is Cc1cc2c(OC3COC3)nc(Cl)nc2s1. The van der Waals surface area contributed by atoms with E-state index in [1.54, 1.807) is 11.3 Å². The maximum absolute atomic E-state index is 5.85. The lowest BCUT2D eigenvalue weighted by molar-refractivity contribution is -0.0807. The molecule has 0 N–H and O–H groups in total. The Balaban J connectivity index is 2.05. The molecule has 4 nitrogen and oxygen atoms in total. The van der Waals surface area contributed by atoms with E-state index in [1.165, 1.54) is 4.88 Å². The molecule has 84 valence electrons. The average Bonchev–Trinajstić information content (AvgIpc) is 2.51. The molecule has 2 aromatic heterocycles. The molecular formula is C10H9ClN2O2S. The number of nitrogens with zero attached hydrogens (tertiary/aromatic N) is 2. The molecule has 1 aliphatic rings. The van der Waals surface area contributed by atoms with Crippen LogP contribution >= 0.6 is 22.9 Å². The topological polar surface area (TPSA) is 44.2 Å². The van der Waals surface area contributed by atoms with Gasteiger partial charge in [0.05, 0.1) is 18.6 Å². The average molecular weight is 257 g/mol. The van der Waals surface area contributed by atoms with Crippen LogP contribution < -0.4 is 4.74 Å². The molecule has 1 fully saturated rings. The molecule has 2 aromatic rings. The third kappa shape index (κ3) is 1.75. The Morgan fingerprint density at radius 3 is 3.00 bits per heavy atom. The number of halogens is 1. The number of hydrogen-bond donors (Lipinski definition) is 0. The Kier molecular flexibility index (Phi) is 2.46. The van der Waals surface area contributed by atoms with Crippen molar-refractivity contribution in [1.82, 2.24) is 9.97 Å². The van der Waals surface area contributed by atoms with E-state index in [4.69, 9.17) is 21.1 Å². The van der Waals surface area contributed by atoms with Crippen LogP contribution in [0.25, 0.3) is 10.2 Å². The number of hydrogen-bond acceptors (Lipinski definition) is 5. The van der Waals surface area contributed by atoms with Gasteiger partial charge in [0, 0.05) is 4.88 Å². The monoisotopic (exact) mass is 256 g/mol. The van der Waals surface area contributed by atoms with Gasteiger partial charge in [0.2, 0.25) is 11.2 Å². The molecule has 0 amide bonds. The first-order chi connectivity index (χ1) is 7.72. The smallest absolute Gasteiger partial charge is 0.227 e. The molecule has 0 radical (unpaired) electrons. The Labute approximate surface area is 101 Å². The van der Waals surface area contributed by atoms with Gasteiger partial charge in [0.1, 0.15) is 10.9 Å². The van der Waals surface area contributed by atoms with Crippen LogP contribution in [0.4, 0.5) is 0 Å². The van der Waals surface area contributed by atoms with Crippen LogP contribution in [0.3, 0.4) is 0 Å². The van der Waals surface area contributed by atoms with Crippen molar-refractivity contribution >= 4 is 33.2 Å². The van der Waals surface area contributed by atoms with Gasteiger partial charge < -0.3 is 9.47 Å². The van der Waals surface area contributed by atoms with Gasteiger partial charge in [-0.2, -0.15) is 4.98 Å². The molecule has 0 unspecified atom stereocenters. The summed E-state index contributed by atoms with van der Waals surface area (Å²) >= 11 is 7.44. The standard InChI is InChI=1S/C10H9ClN2O2S/c1-5-2-7-8(15-6-3-14-4-6)12-10(11)13-9(7)16-5/h2,6H,3-4H2,1H3. The van der Waals surface area contributed by atoms with Crippen molar-refractivity contribution in [2.45, 2.75) is 13.0 Å². The normalized spacial score (nSPS) is 16.4. The summed E-state index contributed by atoms with van der Waals surface area (Å²) in [6.07, 6.45) is 0.0920. The Hall–Kier alpha value is -0.910. The molecule has 1 saturated heterocycles. The van der Waals surface area contributed by atoms with Gasteiger partial charge in [-0.15, -0.1) is 11.3 Å². The molecule has 3 heterocycles.